The Bertz CT molecular complexity index is 674. The lowest BCUT2D eigenvalue weighted by atomic mass is 10.1. The third-order valence-electron chi connectivity index (χ3n) is 4.02. The van der Waals surface area contributed by atoms with E-state index in [2.05, 4.69) is 5.32 Å². The second kappa shape index (κ2) is 7.87. The van der Waals surface area contributed by atoms with Crippen molar-refractivity contribution in [3.05, 3.63) is 23.8 Å². The molecule has 2 rings (SSSR count). The maximum absolute atomic E-state index is 12.8. The number of benzene rings is 1. The number of carboxylic acid groups (broad SMARTS) is 1. The van der Waals surface area contributed by atoms with Gasteiger partial charge in [-0.2, -0.15) is 0 Å². The highest BCUT2D eigenvalue weighted by atomic mass is 16.5. The lowest BCUT2D eigenvalue weighted by molar-refractivity contribution is -0.137. The maximum atomic E-state index is 12.8. The van der Waals surface area contributed by atoms with Crippen molar-refractivity contribution in [2.24, 2.45) is 0 Å². The van der Waals surface area contributed by atoms with E-state index in [1.54, 1.807) is 18.2 Å². The molecule has 0 saturated carbocycles. The van der Waals surface area contributed by atoms with E-state index < -0.39 is 5.97 Å². The molecule has 1 saturated heterocycles. The standard InChI is InChI=1S/C17H23N3O5/c1-11(2)19(8-6-15(21)22)16(23)12-4-5-14(25-3)13(10-12)20-9-7-18-17(20)24/h4-5,10-11H,6-9H2,1-3H3,(H,18,24)(H,21,22). The summed E-state index contributed by atoms with van der Waals surface area (Å²) in [6.45, 7) is 4.80. The minimum absolute atomic E-state index is 0.122. The fourth-order valence-electron chi connectivity index (χ4n) is 2.71. The normalized spacial score (nSPS) is 13.8. The van der Waals surface area contributed by atoms with Crippen LogP contribution < -0.4 is 15.0 Å². The van der Waals surface area contributed by atoms with Crippen molar-refractivity contribution in [1.82, 2.24) is 10.2 Å². The number of rotatable bonds is 7. The van der Waals surface area contributed by atoms with Gasteiger partial charge in [0, 0.05) is 31.2 Å². The average molecular weight is 349 g/mol. The number of carboxylic acids is 1. The van der Waals surface area contributed by atoms with Crippen molar-refractivity contribution in [1.29, 1.82) is 0 Å². The Labute approximate surface area is 146 Å². The summed E-state index contributed by atoms with van der Waals surface area (Å²) in [6.07, 6.45) is -0.124. The van der Waals surface area contributed by atoms with Crippen LogP contribution in [0.15, 0.2) is 18.2 Å². The number of aliphatic carboxylic acids is 1. The molecule has 0 radical (unpaired) electrons. The summed E-state index contributed by atoms with van der Waals surface area (Å²) < 4.78 is 5.30. The van der Waals surface area contributed by atoms with Gasteiger partial charge < -0.3 is 20.1 Å². The molecule has 1 aliphatic rings. The second-order valence-corrected chi connectivity index (χ2v) is 6.01. The van der Waals surface area contributed by atoms with E-state index in [4.69, 9.17) is 9.84 Å². The molecule has 8 heteroatoms. The van der Waals surface area contributed by atoms with Crippen molar-refractivity contribution in [3.8, 4) is 5.75 Å². The Hall–Kier alpha value is -2.77. The topological polar surface area (TPSA) is 99.2 Å². The summed E-state index contributed by atoms with van der Waals surface area (Å²) in [6, 6.07) is 4.49. The van der Waals surface area contributed by atoms with Crippen molar-refractivity contribution < 1.29 is 24.2 Å². The van der Waals surface area contributed by atoms with Crippen molar-refractivity contribution in [2.45, 2.75) is 26.3 Å². The Morgan fingerprint density at radius 3 is 2.64 bits per heavy atom. The predicted molar refractivity (Wildman–Crippen MR) is 92.2 cm³/mol. The number of methoxy groups -OCH3 is 1. The molecule has 0 aliphatic carbocycles. The summed E-state index contributed by atoms with van der Waals surface area (Å²) in [4.78, 5) is 38.6. The molecule has 136 valence electrons. The highest BCUT2D eigenvalue weighted by Crippen LogP contribution is 2.31. The number of carbonyl (C=O) groups excluding carboxylic acids is 2. The van der Waals surface area contributed by atoms with Crippen LogP contribution in [0.2, 0.25) is 0 Å². The number of urea groups is 1. The van der Waals surface area contributed by atoms with E-state index in [-0.39, 0.29) is 30.9 Å². The minimum Gasteiger partial charge on any atom is -0.495 e. The van der Waals surface area contributed by atoms with Gasteiger partial charge in [-0.15, -0.1) is 0 Å². The van der Waals surface area contributed by atoms with E-state index in [1.807, 2.05) is 13.8 Å². The molecule has 0 atom stereocenters. The van der Waals surface area contributed by atoms with Crippen LogP contribution in [0.5, 0.6) is 5.75 Å². The zero-order valence-electron chi connectivity index (χ0n) is 14.6. The van der Waals surface area contributed by atoms with Gasteiger partial charge in [-0.25, -0.2) is 4.79 Å². The zero-order chi connectivity index (χ0) is 18.6. The summed E-state index contributed by atoms with van der Waals surface area (Å²) in [7, 11) is 1.50. The number of anilines is 1. The molecule has 1 aliphatic heterocycles. The third kappa shape index (κ3) is 4.20. The first kappa shape index (κ1) is 18.6. The number of nitrogens with one attached hydrogen (secondary N) is 1. The van der Waals surface area contributed by atoms with Gasteiger partial charge >= 0.3 is 12.0 Å². The monoisotopic (exact) mass is 349 g/mol. The SMILES string of the molecule is COc1ccc(C(=O)N(CCC(=O)O)C(C)C)cc1N1CCNC1=O. The molecule has 25 heavy (non-hydrogen) atoms. The summed E-state index contributed by atoms with van der Waals surface area (Å²) >= 11 is 0. The van der Waals surface area contributed by atoms with Crippen LogP contribution in [0.3, 0.4) is 0 Å². The van der Waals surface area contributed by atoms with Crippen molar-refractivity contribution >= 4 is 23.6 Å². The molecule has 1 aromatic carbocycles. The van der Waals surface area contributed by atoms with Crippen molar-refractivity contribution in [2.75, 3.05) is 31.6 Å². The van der Waals surface area contributed by atoms with Gasteiger partial charge in [0.25, 0.3) is 5.91 Å². The quantitative estimate of drug-likeness (QED) is 0.778. The van der Waals surface area contributed by atoms with Crippen LogP contribution in [0.1, 0.15) is 30.6 Å². The smallest absolute Gasteiger partial charge is 0.322 e. The fraction of sp³-hybridized carbons (Fsp3) is 0.471. The van der Waals surface area contributed by atoms with Crippen LogP contribution >= 0.6 is 0 Å². The summed E-state index contributed by atoms with van der Waals surface area (Å²) in [5, 5.41) is 11.6. The molecular weight excluding hydrogens is 326 g/mol. The Morgan fingerprint density at radius 1 is 1.40 bits per heavy atom. The molecule has 8 nitrogen and oxygen atoms in total. The summed E-state index contributed by atoms with van der Waals surface area (Å²) in [5.74, 6) is -0.738. The van der Waals surface area contributed by atoms with Gasteiger partial charge in [0.05, 0.1) is 19.2 Å². The van der Waals surface area contributed by atoms with Gasteiger partial charge in [0.15, 0.2) is 0 Å². The molecule has 0 unspecified atom stereocenters. The number of ether oxygens (including phenoxy) is 1. The van der Waals surface area contributed by atoms with E-state index >= 15 is 0 Å². The van der Waals surface area contributed by atoms with E-state index in [0.29, 0.717) is 30.1 Å². The van der Waals surface area contributed by atoms with Crippen LogP contribution in [-0.2, 0) is 4.79 Å². The molecule has 3 amide bonds. The Morgan fingerprint density at radius 2 is 2.12 bits per heavy atom. The third-order valence-corrected chi connectivity index (χ3v) is 4.02. The highest BCUT2D eigenvalue weighted by Gasteiger charge is 2.26. The van der Waals surface area contributed by atoms with Gasteiger partial charge in [0.1, 0.15) is 5.75 Å². The second-order valence-electron chi connectivity index (χ2n) is 6.01. The first-order valence-corrected chi connectivity index (χ1v) is 8.11. The number of carbonyl (C=O) groups is 3. The van der Waals surface area contributed by atoms with Gasteiger partial charge in [0.2, 0.25) is 0 Å². The molecule has 0 bridgehead atoms. The molecule has 1 fully saturated rings. The molecular formula is C17H23N3O5. The Balaban J connectivity index is 2.32. The lowest BCUT2D eigenvalue weighted by Gasteiger charge is -2.27. The van der Waals surface area contributed by atoms with Crippen molar-refractivity contribution in [3.63, 3.8) is 0 Å². The molecule has 2 N–H and O–H groups in total. The zero-order valence-corrected chi connectivity index (χ0v) is 14.6. The number of hydrogen-bond donors (Lipinski definition) is 2. The van der Waals surface area contributed by atoms with E-state index in [9.17, 15) is 14.4 Å². The van der Waals surface area contributed by atoms with Crippen LogP contribution in [0, 0.1) is 0 Å². The fourth-order valence-corrected chi connectivity index (χ4v) is 2.71. The Kier molecular flexibility index (Phi) is 5.84. The number of hydrogen-bond acceptors (Lipinski definition) is 4. The van der Waals surface area contributed by atoms with E-state index in [1.165, 1.54) is 16.9 Å². The predicted octanol–water partition coefficient (Wildman–Crippen LogP) is 1.55. The molecule has 0 spiro atoms. The largest absolute Gasteiger partial charge is 0.495 e. The van der Waals surface area contributed by atoms with Gasteiger partial charge in [-0.1, -0.05) is 0 Å². The minimum atomic E-state index is -0.956. The number of nitrogens with zero attached hydrogens (tertiary/aromatic N) is 2. The average Bonchev–Trinajstić information content (AvgIpc) is 2.99. The summed E-state index contributed by atoms with van der Waals surface area (Å²) in [5.41, 5.74) is 0.903. The van der Waals surface area contributed by atoms with Gasteiger partial charge in [-0.05, 0) is 32.0 Å². The van der Waals surface area contributed by atoms with E-state index in [0.717, 1.165) is 0 Å². The first-order valence-electron chi connectivity index (χ1n) is 8.11. The first-order chi connectivity index (χ1) is 11.8. The highest BCUT2D eigenvalue weighted by molar-refractivity contribution is 6.00. The molecule has 0 aromatic heterocycles. The lowest BCUT2D eigenvalue weighted by Crippen LogP contribution is -2.38. The van der Waals surface area contributed by atoms with Crippen LogP contribution in [0.25, 0.3) is 0 Å². The van der Waals surface area contributed by atoms with Crippen LogP contribution in [-0.4, -0.2) is 60.7 Å². The number of amides is 3. The molecule has 1 aromatic rings. The maximum Gasteiger partial charge on any atom is 0.322 e. The van der Waals surface area contributed by atoms with Gasteiger partial charge in [-0.3, -0.25) is 14.5 Å². The molecule has 1 heterocycles. The van der Waals surface area contributed by atoms with Crippen LogP contribution in [0.4, 0.5) is 10.5 Å².